The summed E-state index contributed by atoms with van der Waals surface area (Å²) in [6.45, 7) is 0. The molecule has 0 saturated heterocycles. The van der Waals surface area contributed by atoms with E-state index in [0.717, 1.165) is 21.9 Å². The fourth-order valence-electron chi connectivity index (χ4n) is 2.82. The first-order valence-electron chi connectivity index (χ1n) is 6.95. The van der Waals surface area contributed by atoms with Crippen LogP contribution < -0.4 is 0 Å². The maximum atomic E-state index is 11.2. The third kappa shape index (κ3) is 2.13. The summed E-state index contributed by atoms with van der Waals surface area (Å²) >= 11 is 6.29. The fraction of sp³-hybridized carbons (Fsp3) is 0. The number of benzene rings is 2. The standard InChI is InChI=1S/C17H10ClN3O2/c18-13-7-8-19-17-16(13)12-9-10(5-6-14(12)20-17)11-3-1-2-4-15(11)21(22)23/h1-9H,(H,19,20). The van der Waals surface area contributed by atoms with Crippen LogP contribution >= 0.6 is 11.6 Å². The highest BCUT2D eigenvalue weighted by Crippen LogP contribution is 2.35. The van der Waals surface area contributed by atoms with Gasteiger partial charge in [0, 0.05) is 28.6 Å². The number of nitrogens with zero attached hydrogens (tertiary/aromatic N) is 2. The molecule has 0 bridgehead atoms. The molecule has 0 unspecified atom stereocenters. The normalized spacial score (nSPS) is 11.2. The first-order chi connectivity index (χ1) is 11.1. The number of hydrogen-bond donors (Lipinski definition) is 1. The Bertz CT molecular complexity index is 1070. The van der Waals surface area contributed by atoms with Gasteiger partial charge in [0.25, 0.3) is 5.69 Å². The van der Waals surface area contributed by atoms with Crippen molar-refractivity contribution in [1.29, 1.82) is 0 Å². The first-order valence-corrected chi connectivity index (χ1v) is 7.32. The Hall–Kier alpha value is -2.92. The van der Waals surface area contributed by atoms with Crippen LogP contribution in [0.15, 0.2) is 54.7 Å². The van der Waals surface area contributed by atoms with Crippen molar-refractivity contribution in [2.24, 2.45) is 0 Å². The topological polar surface area (TPSA) is 71.8 Å². The first kappa shape index (κ1) is 13.7. The van der Waals surface area contributed by atoms with E-state index in [1.807, 2.05) is 18.2 Å². The van der Waals surface area contributed by atoms with Gasteiger partial charge in [-0.3, -0.25) is 10.1 Å². The minimum atomic E-state index is -0.372. The van der Waals surface area contributed by atoms with E-state index in [2.05, 4.69) is 9.97 Å². The van der Waals surface area contributed by atoms with Gasteiger partial charge in [-0.25, -0.2) is 4.98 Å². The van der Waals surface area contributed by atoms with Crippen molar-refractivity contribution in [2.45, 2.75) is 0 Å². The van der Waals surface area contributed by atoms with Crippen LogP contribution in [0.3, 0.4) is 0 Å². The fourth-order valence-corrected chi connectivity index (χ4v) is 3.07. The van der Waals surface area contributed by atoms with Gasteiger partial charge in [-0.1, -0.05) is 29.8 Å². The summed E-state index contributed by atoms with van der Waals surface area (Å²) in [4.78, 5) is 18.4. The summed E-state index contributed by atoms with van der Waals surface area (Å²) in [5, 5.41) is 13.6. The van der Waals surface area contributed by atoms with Crippen LogP contribution in [0.2, 0.25) is 5.02 Å². The summed E-state index contributed by atoms with van der Waals surface area (Å²) < 4.78 is 0. The molecule has 0 aliphatic rings. The highest BCUT2D eigenvalue weighted by Gasteiger charge is 2.16. The van der Waals surface area contributed by atoms with Crippen LogP contribution in [0.1, 0.15) is 0 Å². The van der Waals surface area contributed by atoms with Crippen molar-refractivity contribution >= 4 is 39.2 Å². The Morgan fingerprint density at radius 2 is 1.96 bits per heavy atom. The van der Waals surface area contributed by atoms with Crippen molar-refractivity contribution in [3.05, 3.63) is 69.9 Å². The molecule has 1 N–H and O–H groups in total. The number of rotatable bonds is 2. The molecule has 6 heteroatoms. The van der Waals surface area contributed by atoms with Crippen LogP contribution in [-0.4, -0.2) is 14.9 Å². The van der Waals surface area contributed by atoms with E-state index in [1.54, 1.807) is 30.5 Å². The monoisotopic (exact) mass is 323 g/mol. The second-order valence-corrected chi connectivity index (χ2v) is 5.58. The number of H-pyrrole nitrogens is 1. The van der Waals surface area contributed by atoms with E-state index in [4.69, 9.17) is 11.6 Å². The highest BCUT2D eigenvalue weighted by molar-refractivity contribution is 6.37. The van der Waals surface area contributed by atoms with E-state index < -0.39 is 0 Å². The molecule has 0 spiro atoms. The van der Waals surface area contributed by atoms with E-state index in [9.17, 15) is 10.1 Å². The molecule has 4 rings (SSSR count). The second kappa shape index (κ2) is 5.07. The number of hydrogen-bond acceptors (Lipinski definition) is 3. The van der Waals surface area contributed by atoms with Crippen LogP contribution in [-0.2, 0) is 0 Å². The number of aromatic nitrogens is 2. The number of aromatic amines is 1. The molecule has 2 heterocycles. The molecule has 0 amide bonds. The van der Waals surface area contributed by atoms with Crippen molar-refractivity contribution in [1.82, 2.24) is 9.97 Å². The Morgan fingerprint density at radius 3 is 2.78 bits per heavy atom. The summed E-state index contributed by atoms with van der Waals surface area (Å²) in [5.74, 6) is 0. The predicted molar refractivity (Wildman–Crippen MR) is 90.7 cm³/mol. The smallest absolute Gasteiger partial charge is 0.277 e. The van der Waals surface area contributed by atoms with Gasteiger partial charge in [-0.05, 0) is 29.8 Å². The second-order valence-electron chi connectivity index (χ2n) is 5.18. The lowest BCUT2D eigenvalue weighted by Crippen LogP contribution is -1.91. The quantitative estimate of drug-likeness (QED) is 0.419. The minimum absolute atomic E-state index is 0.0795. The van der Waals surface area contributed by atoms with Crippen molar-refractivity contribution in [3.8, 4) is 11.1 Å². The molecule has 0 fully saturated rings. The number of nitro groups is 1. The molecule has 23 heavy (non-hydrogen) atoms. The van der Waals surface area contributed by atoms with Gasteiger partial charge in [0.15, 0.2) is 0 Å². The van der Waals surface area contributed by atoms with Gasteiger partial charge < -0.3 is 4.98 Å². The Kier molecular flexibility index (Phi) is 3.02. The van der Waals surface area contributed by atoms with Gasteiger partial charge >= 0.3 is 0 Å². The zero-order chi connectivity index (χ0) is 16.0. The van der Waals surface area contributed by atoms with Gasteiger partial charge in [-0.2, -0.15) is 0 Å². The minimum Gasteiger partial charge on any atom is -0.339 e. The average Bonchev–Trinajstić information content (AvgIpc) is 2.93. The maximum absolute atomic E-state index is 11.2. The van der Waals surface area contributed by atoms with Crippen LogP contribution in [0.25, 0.3) is 33.1 Å². The van der Waals surface area contributed by atoms with E-state index in [1.165, 1.54) is 6.07 Å². The molecule has 0 aliphatic heterocycles. The Labute approximate surface area is 135 Å². The molecule has 0 radical (unpaired) electrons. The molecule has 4 aromatic rings. The van der Waals surface area contributed by atoms with E-state index >= 15 is 0 Å². The highest BCUT2D eigenvalue weighted by atomic mass is 35.5. The molecule has 0 aliphatic carbocycles. The lowest BCUT2D eigenvalue weighted by atomic mass is 10.0. The number of pyridine rings is 1. The van der Waals surface area contributed by atoms with Crippen LogP contribution in [0.5, 0.6) is 0 Å². The molecular weight excluding hydrogens is 314 g/mol. The lowest BCUT2D eigenvalue weighted by molar-refractivity contribution is -0.384. The SMILES string of the molecule is O=[N+]([O-])c1ccccc1-c1ccc2[nH]c3nccc(Cl)c3c2c1. The number of nitro benzene ring substituents is 1. The maximum Gasteiger partial charge on any atom is 0.277 e. The van der Waals surface area contributed by atoms with Crippen molar-refractivity contribution in [2.75, 3.05) is 0 Å². The molecule has 112 valence electrons. The van der Waals surface area contributed by atoms with Gasteiger partial charge in [0.2, 0.25) is 0 Å². The molecular formula is C17H10ClN3O2. The molecule has 5 nitrogen and oxygen atoms in total. The van der Waals surface area contributed by atoms with Crippen LogP contribution in [0, 0.1) is 10.1 Å². The van der Waals surface area contributed by atoms with Gasteiger partial charge in [0.1, 0.15) is 5.65 Å². The third-order valence-corrected chi connectivity index (χ3v) is 4.17. The zero-order valence-corrected chi connectivity index (χ0v) is 12.5. The summed E-state index contributed by atoms with van der Waals surface area (Å²) in [6, 6.07) is 14.1. The number of halogens is 1. The molecule has 2 aromatic carbocycles. The number of fused-ring (bicyclic) bond motifs is 3. The molecule has 2 aromatic heterocycles. The summed E-state index contributed by atoms with van der Waals surface area (Å²) in [7, 11) is 0. The van der Waals surface area contributed by atoms with Crippen LogP contribution in [0.4, 0.5) is 5.69 Å². The average molecular weight is 324 g/mol. The van der Waals surface area contributed by atoms with Gasteiger partial charge in [-0.15, -0.1) is 0 Å². The van der Waals surface area contributed by atoms with E-state index in [0.29, 0.717) is 16.2 Å². The lowest BCUT2D eigenvalue weighted by Gasteiger charge is -2.03. The van der Waals surface area contributed by atoms with Crippen molar-refractivity contribution < 1.29 is 4.92 Å². The van der Waals surface area contributed by atoms with Gasteiger partial charge in [0.05, 0.1) is 15.5 Å². The zero-order valence-electron chi connectivity index (χ0n) is 11.8. The summed E-state index contributed by atoms with van der Waals surface area (Å²) in [5.41, 5.74) is 3.02. The largest absolute Gasteiger partial charge is 0.339 e. The van der Waals surface area contributed by atoms with Crippen molar-refractivity contribution in [3.63, 3.8) is 0 Å². The Morgan fingerprint density at radius 1 is 1.13 bits per heavy atom. The third-order valence-electron chi connectivity index (χ3n) is 3.85. The van der Waals surface area contributed by atoms with E-state index in [-0.39, 0.29) is 10.6 Å². The molecule has 0 saturated carbocycles. The number of nitrogens with one attached hydrogen (secondary N) is 1. The summed E-state index contributed by atoms with van der Waals surface area (Å²) in [6.07, 6.45) is 1.64. The number of para-hydroxylation sites is 1. The molecule has 0 atom stereocenters. The predicted octanol–water partition coefficient (Wildman–Crippen LogP) is 4.94. The Balaban J connectivity index is 2.03.